The molecule has 0 saturated heterocycles. The van der Waals surface area contributed by atoms with E-state index >= 15 is 0 Å². The highest BCUT2D eigenvalue weighted by Gasteiger charge is 2.11. The second kappa shape index (κ2) is 6.82. The van der Waals surface area contributed by atoms with Gasteiger partial charge in [0.15, 0.2) is 5.82 Å². The molecule has 0 bridgehead atoms. The molecule has 0 atom stereocenters. The summed E-state index contributed by atoms with van der Waals surface area (Å²) in [6, 6.07) is 10.9. The number of urea groups is 1. The van der Waals surface area contributed by atoms with E-state index in [4.69, 9.17) is 0 Å². The molecule has 0 fully saturated rings. The lowest BCUT2D eigenvalue weighted by Crippen LogP contribution is -2.29. The number of hydrogen-bond acceptors (Lipinski definition) is 4. The fourth-order valence-corrected chi connectivity index (χ4v) is 2.01. The number of nitrogens with one attached hydrogen (secondary N) is 2. The van der Waals surface area contributed by atoms with E-state index in [2.05, 4.69) is 26.2 Å². The van der Waals surface area contributed by atoms with Gasteiger partial charge in [-0.25, -0.2) is 13.6 Å². The summed E-state index contributed by atoms with van der Waals surface area (Å²) in [5.41, 5.74) is 0.478. The van der Waals surface area contributed by atoms with Crippen molar-refractivity contribution in [2.24, 2.45) is 0 Å². The van der Waals surface area contributed by atoms with Gasteiger partial charge in [0.25, 0.3) is 0 Å². The van der Waals surface area contributed by atoms with Crippen LogP contribution in [0.1, 0.15) is 5.82 Å². The molecule has 0 aliphatic rings. The molecular weight excluding hydrogens is 318 g/mol. The number of rotatable bonds is 4. The van der Waals surface area contributed by atoms with Crippen molar-refractivity contribution in [3.8, 4) is 5.69 Å². The van der Waals surface area contributed by atoms with Crippen LogP contribution in [0, 0.1) is 11.6 Å². The van der Waals surface area contributed by atoms with Gasteiger partial charge in [-0.05, 0) is 40.8 Å². The Morgan fingerprint density at radius 3 is 2.75 bits per heavy atom. The standard InChI is InChI=1S/C15H12F2N6O/c16-10-4-3-5-11(8-10)23-14(20-21-22-23)9-18-15(24)19-13-7-2-1-6-12(13)17/h1-8H,9H2,(H2,18,19,24). The highest BCUT2D eigenvalue weighted by molar-refractivity contribution is 5.89. The van der Waals surface area contributed by atoms with Crippen LogP contribution in [0.25, 0.3) is 5.69 Å². The number of anilines is 1. The fourth-order valence-electron chi connectivity index (χ4n) is 2.01. The van der Waals surface area contributed by atoms with Crippen LogP contribution in [0.15, 0.2) is 48.5 Å². The Morgan fingerprint density at radius 2 is 1.96 bits per heavy atom. The summed E-state index contributed by atoms with van der Waals surface area (Å²) in [6.07, 6.45) is 0. The highest BCUT2D eigenvalue weighted by Crippen LogP contribution is 2.12. The minimum absolute atomic E-state index is 0.0240. The summed E-state index contributed by atoms with van der Waals surface area (Å²) >= 11 is 0. The molecule has 2 N–H and O–H groups in total. The summed E-state index contributed by atoms with van der Waals surface area (Å²) in [7, 11) is 0. The summed E-state index contributed by atoms with van der Waals surface area (Å²) in [5.74, 6) is -0.680. The Kier molecular flexibility index (Phi) is 4.41. The molecule has 24 heavy (non-hydrogen) atoms. The number of halogens is 2. The van der Waals surface area contributed by atoms with Crippen LogP contribution in [0.2, 0.25) is 0 Å². The zero-order chi connectivity index (χ0) is 16.9. The molecule has 1 aromatic heterocycles. The molecule has 122 valence electrons. The van der Waals surface area contributed by atoms with Gasteiger partial charge in [0.05, 0.1) is 17.9 Å². The molecule has 3 aromatic rings. The molecule has 0 aliphatic heterocycles. The molecule has 2 aromatic carbocycles. The predicted molar refractivity (Wildman–Crippen MR) is 81.4 cm³/mol. The van der Waals surface area contributed by atoms with Gasteiger partial charge in [-0.15, -0.1) is 5.10 Å². The Morgan fingerprint density at radius 1 is 1.12 bits per heavy atom. The summed E-state index contributed by atoms with van der Waals surface area (Å²) in [6.45, 7) is -0.0240. The topological polar surface area (TPSA) is 84.7 Å². The van der Waals surface area contributed by atoms with Gasteiger partial charge in [0.1, 0.15) is 11.6 Å². The average Bonchev–Trinajstić information content (AvgIpc) is 3.04. The maximum atomic E-state index is 13.5. The first kappa shape index (κ1) is 15.5. The molecule has 9 heteroatoms. The zero-order valence-electron chi connectivity index (χ0n) is 12.3. The number of carbonyl (C=O) groups is 1. The lowest BCUT2D eigenvalue weighted by molar-refractivity contribution is 0.251. The van der Waals surface area contributed by atoms with E-state index in [0.717, 1.165) is 0 Å². The van der Waals surface area contributed by atoms with Gasteiger partial charge in [-0.1, -0.05) is 18.2 Å². The maximum Gasteiger partial charge on any atom is 0.319 e. The first-order valence-electron chi connectivity index (χ1n) is 6.96. The summed E-state index contributed by atoms with van der Waals surface area (Å²) in [5, 5.41) is 15.9. The third-order valence-electron chi connectivity index (χ3n) is 3.12. The molecule has 2 amide bonds. The van der Waals surface area contributed by atoms with Crippen LogP contribution in [0.5, 0.6) is 0 Å². The van der Waals surface area contributed by atoms with Crippen molar-refractivity contribution in [2.75, 3.05) is 5.32 Å². The van der Waals surface area contributed by atoms with Gasteiger partial charge >= 0.3 is 6.03 Å². The third kappa shape index (κ3) is 3.51. The van der Waals surface area contributed by atoms with E-state index in [1.54, 1.807) is 12.1 Å². The van der Waals surface area contributed by atoms with E-state index in [9.17, 15) is 13.6 Å². The monoisotopic (exact) mass is 330 g/mol. The highest BCUT2D eigenvalue weighted by atomic mass is 19.1. The smallest absolute Gasteiger partial charge is 0.319 e. The normalized spacial score (nSPS) is 10.4. The number of carbonyl (C=O) groups excluding carboxylic acids is 1. The van der Waals surface area contributed by atoms with Crippen molar-refractivity contribution in [3.63, 3.8) is 0 Å². The molecule has 1 heterocycles. The van der Waals surface area contributed by atoms with E-state index < -0.39 is 17.7 Å². The number of amides is 2. The summed E-state index contributed by atoms with van der Waals surface area (Å²) < 4.78 is 28.1. The van der Waals surface area contributed by atoms with Crippen molar-refractivity contribution < 1.29 is 13.6 Å². The maximum absolute atomic E-state index is 13.5. The van der Waals surface area contributed by atoms with Crippen molar-refractivity contribution >= 4 is 11.7 Å². The van der Waals surface area contributed by atoms with Crippen LogP contribution in [-0.4, -0.2) is 26.2 Å². The second-order valence-corrected chi connectivity index (χ2v) is 4.77. The van der Waals surface area contributed by atoms with Crippen LogP contribution in [0.4, 0.5) is 19.3 Å². The first-order chi connectivity index (χ1) is 11.6. The molecule has 0 radical (unpaired) electrons. The van der Waals surface area contributed by atoms with Crippen molar-refractivity contribution in [2.45, 2.75) is 6.54 Å². The molecule has 0 unspecified atom stereocenters. The van der Waals surface area contributed by atoms with Crippen LogP contribution in [-0.2, 0) is 6.54 Å². The van der Waals surface area contributed by atoms with Gasteiger partial charge in [0, 0.05) is 0 Å². The Labute approximate surface area is 135 Å². The number of para-hydroxylation sites is 1. The summed E-state index contributed by atoms with van der Waals surface area (Å²) in [4.78, 5) is 11.8. The number of benzene rings is 2. The minimum atomic E-state index is -0.617. The average molecular weight is 330 g/mol. The molecule has 7 nitrogen and oxygen atoms in total. The molecule has 0 aliphatic carbocycles. The Balaban J connectivity index is 1.67. The molecule has 0 saturated carbocycles. The van der Waals surface area contributed by atoms with Gasteiger partial charge in [-0.2, -0.15) is 4.68 Å². The van der Waals surface area contributed by atoms with E-state index in [1.165, 1.54) is 41.1 Å². The predicted octanol–water partition coefficient (Wildman–Crippen LogP) is 2.26. The second-order valence-electron chi connectivity index (χ2n) is 4.77. The lowest BCUT2D eigenvalue weighted by atomic mass is 10.3. The van der Waals surface area contributed by atoms with Crippen LogP contribution >= 0.6 is 0 Å². The van der Waals surface area contributed by atoms with Gasteiger partial charge < -0.3 is 10.6 Å². The van der Waals surface area contributed by atoms with E-state index in [0.29, 0.717) is 11.5 Å². The number of tetrazole rings is 1. The van der Waals surface area contributed by atoms with Crippen LogP contribution < -0.4 is 10.6 Å². The molecule has 0 spiro atoms. The van der Waals surface area contributed by atoms with Crippen molar-refractivity contribution in [3.05, 3.63) is 66.0 Å². The molecular formula is C15H12F2N6O. The Bertz CT molecular complexity index is 866. The quantitative estimate of drug-likeness (QED) is 0.768. The van der Waals surface area contributed by atoms with E-state index in [1.807, 2.05) is 0 Å². The van der Waals surface area contributed by atoms with Crippen molar-refractivity contribution in [1.29, 1.82) is 0 Å². The lowest BCUT2D eigenvalue weighted by Gasteiger charge is -2.08. The largest absolute Gasteiger partial charge is 0.330 e. The van der Waals surface area contributed by atoms with Crippen molar-refractivity contribution in [1.82, 2.24) is 25.5 Å². The number of hydrogen-bond donors (Lipinski definition) is 2. The number of aromatic nitrogens is 4. The SMILES string of the molecule is O=C(NCc1nnnn1-c1cccc(F)c1)Nc1ccccc1F. The third-order valence-corrected chi connectivity index (χ3v) is 3.12. The molecule has 3 rings (SSSR count). The van der Waals surface area contributed by atoms with E-state index in [-0.39, 0.29) is 12.2 Å². The van der Waals surface area contributed by atoms with Crippen LogP contribution in [0.3, 0.4) is 0 Å². The minimum Gasteiger partial charge on any atom is -0.330 e. The number of nitrogens with zero attached hydrogens (tertiary/aromatic N) is 4. The fraction of sp³-hybridized carbons (Fsp3) is 0.0667. The Hall–Kier alpha value is -3.36. The first-order valence-corrected chi connectivity index (χ1v) is 6.96. The van der Waals surface area contributed by atoms with Gasteiger partial charge in [-0.3, -0.25) is 0 Å². The zero-order valence-corrected chi connectivity index (χ0v) is 12.3. The van der Waals surface area contributed by atoms with Gasteiger partial charge in [0.2, 0.25) is 0 Å².